The third-order valence-corrected chi connectivity index (χ3v) is 6.59. The standard InChI is InChI=1S/C30H42N4O5/c1-20(2)17-26(25(29(36)34-38)12-8-11-22-9-6-5-7-10-22)28(35)33-27(30(37)39-4)18-23-13-15-24(16-14-23)19-32-21(3)31/h5-7,9-10,13-16,20,25-27,38H,8,11-12,17-19H2,1-4H3,(H2,31,32)(H,33,35)(H,34,36)/t25-,26-,27-/m0/s1. The van der Waals surface area contributed by atoms with E-state index >= 15 is 0 Å². The van der Waals surface area contributed by atoms with Gasteiger partial charge in [-0.1, -0.05) is 68.4 Å². The maximum absolute atomic E-state index is 13.6. The van der Waals surface area contributed by atoms with Gasteiger partial charge in [0, 0.05) is 12.3 Å². The number of benzene rings is 2. The Morgan fingerprint density at radius 2 is 1.59 bits per heavy atom. The number of methoxy groups -OCH3 is 1. The summed E-state index contributed by atoms with van der Waals surface area (Å²) in [6, 6.07) is 16.5. The van der Waals surface area contributed by atoms with E-state index < -0.39 is 35.7 Å². The summed E-state index contributed by atoms with van der Waals surface area (Å²) in [5.74, 6) is -2.50. The van der Waals surface area contributed by atoms with E-state index in [2.05, 4.69) is 10.3 Å². The van der Waals surface area contributed by atoms with Gasteiger partial charge in [-0.3, -0.25) is 19.8 Å². The summed E-state index contributed by atoms with van der Waals surface area (Å²) in [6.45, 7) is 6.11. The highest BCUT2D eigenvalue weighted by atomic mass is 16.5. The van der Waals surface area contributed by atoms with Crippen molar-refractivity contribution in [3.8, 4) is 0 Å². The number of esters is 1. The molecule has 0 radical (unpaired) electrons. The van der Waals surface area contributed by atoms with Crippen LogP contribution in [0, 0.1) is 17.8 Å². The molecule has 0 saturated carbocycles. The second-order valence-electron chi connectivity index (χ2n) is 10.3. The number of aryl methyl sites for hydroxylation is 1. The highest BCUT2D eigenvalue weighted by molar-refractivity contribution is 5.90. The number of hydroxylamine groups is 1. The number of aliphatic imine (C=N–C) groups is 1. The molecule has 3 atom stereocenters. The van der Waals surface area contributed by atoms with Gasteiger partial charge in [0.15, 0.2) is 0 Å². The topological polar surface area (TPSA) is 143 Å². The molecule has 0 aliphatic heterocycles. The Labute approximate surface area is 231 Å². The molecule has 5 N–H and O–H groups in total. The predicted molar refractivity (Wildman–Crippen MR) is 151 cm³/mol. The molecule has 0 aromatic heterocycles. The second-order valence-corrected chi connectivity index (χ2v) is 10.3. The second kappa shape index (κ2) is 16.3. The van der Waals surface area contributed by atoms with Crippen molar-refractivity contribution in [3.05, 3.63) is 71.3 Å². The molecule has 212 valence electrons. The van der Waals surface area contributed by atoms with Crippen LogP contribution in [0.1, 0.15) is 56.7 Å². The van der Waals surface area contributed by atoms with Crippen molar-refractivity contribution >= 4 is 23.6 Å². The lowest BCUT2D eigenvalue weighted by molar-refractivity contribution is -0.147. The van der Waals surface area contributed by atoms with E-state index in [-0.39, 0.29) is 12.3 Å². The van der Waals surface area contributed by atoms with E-state index in [4.69, 9.17) is 10.5 Å². The number of rotatable bonds is 15. The monoisotopic (exact) mass is 538 g/mol. The number of amidine groups is 1. The molecule has 0 heterocycles. The highest BCUT2D eigenvalue weighted by Crippen LogP contribution is 2.27. The molecule has 9 heteroatoms. The lowest BCUT2D eigenvalue weighted by Crippen LogP contribution is -2.49. The van der Waals surface area contributed by atoms with Crippen LogP contribution in [-0.4, -0.2) is 42.0 Å². The summed E-state index contributed by atoms with van der Waals surface area (Å²) in [5, 5.41) is 12.3. The fourth-order valence-electron chi connectivity index (χ4n) is 4.58. The van der Waals surface area contributed by atoms with Gasteiger partial charge in [-0.15, -0.1) is 0 Å². The van der Waals surface area contributed by atoms with Crippen LogP contribution in [0.15, 0.2) is 59.6 Å². The van der Waals surface area contributed by atoms with Crippen LogP contribution in [0.2, 0.25) is 0 Å². The number of hydrogen-bond acceptors (Lipinski definition) is 6. The summed E-state index contributed by atoms with van der Waals surface area (Å²) in [5.41, 5.74) is 10.3. The SMILES string of the molecule is COC(=O)[C@H](Cc1ccc(CN=C(C)N)cc1)NC(=O)[C@@H](CC(C)C)[C@H](CCCc1ccccc1)C(=O)NO. The number of carbonyl (C=O) groups is 3. The van der Waals surface area contributed by atoms with Gasteiger partial charge in [-0.25, -0.2) is 10.3 Å². The summed E-state index contributed by atoms with van der Waals surface area (Å²) in [6.07, 6.45) is 2.44. The Hall–Kier alpha value is -3.72. The molecule has 0 unspecified atom stereocenters. The molecule has 0 bridgehead atoms. The fourth-order valence-corrected chi connectivity index (χ4v) is 4.58. The van der Waals surface area contributed by atoms with E-state index in [1.165, 1.54) is 7.11 Å². The molecule has 2 aromatic rings. The molecule has 0 aliphatic rings. The Morgan fingerprint density at radius 3 is 2.15 bits per heavy atom. The average molecular weight is 539 g/mol. The number of nitrogens with zero attached hydrogens (tertiary/aromatic N) is 1. The van der Waals surface area contributed by atoms with Crippen molar-refractivity contribution in [3.63, 3.8) is 0 Å². The Bertz CT molecular complexity index is 1080. The lowest BCUT2D eigenvalue weighted by atomic mass is 9.80. The number of nitrogens with one attached hydrogen (secondary N) is 2. The van der Waals surface area contributed by atoms with Gasteiger partial charge >= 0.3 is 5.97 Å². The predicted octanol–water partition coefficient (Wildman–Crippen LogP) is 3.57. The number of carbonyl (C=O) groups excluding carboxylic acids is 3. The van der Waals surface area contributed by atoms with Crippen molar-refractivity contribution in [1.82, 2.24) is 10.8 Å². The van der Waals surface area contributed by atoms with Crippen molar-refractivity contribution in [1.29, 1.82) is 0 Å². The van der Waals surface area contributed by atoms with Crippen molar-refractivity contribution in [2.24, 2.45) is 28.5 Å². The van der Waals surface area contributed by atoms with Gasteiger partial charge in [0.25, 0.3) is 0 Å². The van der Waals surface area contributed by atoms with Crippen LogP contribution in [0.4, 0.5) is 0 Å². The van der Waals surface area contributed by atoms with E-state index in [1.54, 1.807) is 12.4 Å². The zero-order chi connectivity index (χ0) is 28.8. The van der Waals surface area contributed by atoms with Gasteiger partial charge in [0.2, 0.25) is 11.8 Å². The lowest BCUT2D eigenvalue weighted by Gasteiger charge is -2.28. The smallest absolute Gasteiger partial charge is 0.328 e. The van der Waals surface area contributed by atoms with Crippen LogP contribution in [0.3, 0.4) is 0 Å². The van der Waals surface area contributed by atoms with Crippen molar-refractivity contribution in [2.45, 2.75) is 65.5 Å². The fraction of sp³-hybridized carbons (Fsp3) is 0.467. The molecule has 2 amide bonds. The van der Waals surface area contributed by atoms with Gasteiger partial charge < -0.3 is 15.8 Å². The first-order chi connectivity index (χ1) is 18.6. The number of nitrogens with two attached hydrogens (primary N) is 1. The molecule has 0 spiro atoms. The molecule has 2 rings (SSSR count). The summed E-state index contributed by atoms with van der Waals surface area (Å²) in [4.78, 5) is 43.2. The minimum atomic E-state index is -0.936. The number of amides is 2. The van der Waals surface area contributed by atoms with Gasteiger partial charge in [0.05, 0.1) is 25.4 Å². The first-order valence-corrected chi connectivity index (χ1v) is 13.3. The molecular weight excluding hydrogens is 496 g/mol. The normalized spacial score (nSPS) is 13.8. The van der Waals surface area contributed by atoms with E-state index in [0.29, 0.717) is 31.6 Å². The molecule has 0 aliphatic carbocycles. The van der Waals surface area contributed by atoms with Crippen LogP contribution in [0.5, 0.6) is 0 Å². The van der Waals surface area contributed by atoms with Gasteiger partial charge in [-0.2, -0.15) is 0 Å². The third kappa shape index (κ3) is 10.9. The van der Waals surface area contributed by atoms with Crippen LogP contribution < -0.4 is 16.5 Å². The van der Waals surface area contributed by atoms with E-state index in [9.17, 15) is 19.6 Å². The van der Waals surface area contributed by atoms with Crippen LogP contribution in [-0.2, 0) is 38.5 Å². The number of hydrogen-bond donors (Lipinski definition) is 4. The quantitative estimate of drug-likeness (QED) is 0.0898. The number of ether oxygens (including phenoxy) is 1. The Morgan fingerprint density at radius 1 is 0.949 bits per heavy atom. The largest absolute Gasteiger partial charge is 0.467 e. The average Bonchev–Trinajstić information content (AvgIpc) is 2.93. The van der Waals surface area contributed by atoms with Gasteiger partial charge in [0.1, 0.15) is 6.04 Å². The highest BCUT2D eigenvalue weighted by Gasteiger charge is 2.36. The minimum absolute atomic E-state index is 0.104. The third-order valence-electron chi connectivity index (χ3n) is 6.59. The first kappa shape index (κ1) is 31.5. The van der Waals surface area contributed by atoms with Gasteiger partial charge in [-0.05, 0) is 55.2 Å². The molecule has 0 saturated heterocycles. The molecule has 9 nitrogen and oxygen atoms in total. The van der Waals surface area contributed by atoms with E-state index in [1.807, 2.05) is 68.4 Å². The molecule has 39 heavy (non-hydrogen) atoms. The Balaban J connectivity index is 2.19. The maximum atomic E-state index is 13.6. The molecule has 2 aromatic carbocycles. The van der Waals surface area contributed by atoms with Crippen molar-refractivity contribution in [2.75, 3.05) is 7.11 Å². The maximum Gasteiger partial charge on any atom is 0.328 e. The van der Waals surface area contributed by atoms with Crippen LogP contribution in [0.25, 0.3) is 0 Å². The van der Waals surface area contributed by atoms with Crippen LogP contribution >= 0.6 is 0 Å². The zero-order valence-electron chi connectivity index (χ0n) is 23.4. The molecular formula is C30H42N4O5. The molecule has 0 fully saturated rings. The minimum Gasteiger partial charge on any atom is -0.467 e. The van der Waals surface area contributed by atoms with E-state index in [0.717, 1.165) is 23.1 Å². The summed E-state index contributed by atoms with van der Waals surface area (Å²) < 4.78 is 4.97. The summed E-state index contributed by atoms with van der Waals surface area (Å²) >= 11 is 0. The van der Waals surface area contributed by atoms with Crippen molar-refractivity contribution < 1.29 is 24.3 Å². The Kier molecular flexibility index (Phi) is 13.2. The summed E-state index contributed by atoms with van der Waals surface area (Å²) in [7, 11) is 1.27. The first-order valence-electron chi connectivity index (χ1n) is 13.3. The zero-order valence-corrected chi connectivity index (χ0v) is 23.4.